The monoisotopic (exact) mass is 417 g/mol. The largest absolute Gasteiger partial charge is 0.340 e. The molecule has 3 aromatic rings. The van der Waals surface area contributed by atoms with Gasteiger partial charge >= 0.3 is 5.69 Å². The van der Waals surface area contributed by atoms with E-state index in [1.807, 2.05) is 19.1 Å². The second-order valence-electron chi connectivity index (χ2n) is 7.34. The summed E-state index contributed by atoms with van der Waals surface area (Å²) in [6.07, 6.45) is 0. The van der Waals surface area contributed by atoms with Crippen LogP contribution in [0.5, 0.6) is 0 Å². The minimum atomic E-state index is -0.559. The molecule has 0 saturated carbocycles. The number of nitrogens with one attached hydrogen (secondary N) is 2. The summed E-state index contributed by atoms with van der Waals surface area (Å²) in [5.74, 6) is 6.49. The van der Waals surface area contributed by atoms with Crippen molar-refractivity contribution in [3.63, 3.8) is 0 Å². The van der Waals surface area contributed by atoms with Crippen molar-refractivity contribution >= 4 is 17.1 Å². The second kappa shape index (κ2) is 8.50. The summed E-state index contributed by atoms with van der Waals surface area (Å²) in [5.41, 5.74) is 0.698. The molecule has 0 amide bonds. The Morgan fingerprint density at radius 1 is 1.23 bits per heavy atom. The highest BCUT2D eigenvalue weighted by molar-refractivity contribution is 5.75. The van der Waals surface area contributed by atoms with Crippen LogP contribution in [-0.4, -0.2) is 45.3 Å². The van der Waals surface area contributed by atoms with Gasteiger partial charge in [-0.1, -0.05) is 24.1 Å². The fraction of sp³-hybridized carbons (Fsp3) is 0.364. The Balaban J connectivity index is 1.99. The Morgan fingerprint density at radius 3 is 2.68 bits per heavy atom. The normalized spacial score (nSPS) is 14.7. The molecular formula is C22H23N7O2. The lowest BCUT2D eigenvalue weighted by molar-refractivity contribution is 0.572. The zero-order valence-electron chi connectivity index (χ0n) is 17.5. The highest BCUT2D eigenvalue weighted by atomic mass is 16.2. The Morgan fingerprint density at radius 2 is 1.97 bits per heavy atom. The van der Waals surface area contributed by atoms with E-state index in [0.29, 0.717) is 28.2 Å². The number of fused-ring (bicyclic) bond motifs is 1. The molecule has 2 aromatic heterocycles. The Bertz CT molecular complexity index is 1340. The van der Waals surface area contributed by atoms with E-state index in [9.17, 15) is 14.9 Å². The van der Waals surface area contributed by atoms with E-state index in [2.05, 4.69) is 33.1 Å². The Hall–Kier alpha value is -3.82. The number of hydrogen-bond donors (Lipinski definition) is 2. The maximum Gasteiger partial charge on any atom is 0.330 e. The molecule has 1 unspecified atom stereocenters. The fourth-order valence-electron chi connectivity index (χ4n) is 4.01. The Kier molecular flexibility index (Phi) is 5.61. The van der Waals surface area contributed by atoms with E-state index in [0.717, 1.165) is 26.2 Å². The predicted molar refractivity (Wildman–Crippen MR) is 118 cm³/mol. The van der Waals surface area contributed by atoms with Gasteiger partial charge < -0.3 is 10.2 Å². The van der Waals surface area contributed by atoms with Crippen LogP contribution < -0.4 is 21.5 Å². The van der Waals surface area contributed by atoms with E-state index < -0.39 is 17.3 Å². The van der Waals surface area contributed by atoms with Crippen LogP contribution in [0.15, 0.2) is 33.9 Å². The van der Waals surface area contributed by atoms with Gasteiger partial charge in [0.15, 0.2) is 11.2 Å². The molecule has 1 aromatic carbocycles. The smallest absolute Gasteiger partial charge is 0.330 e. The van der Waals surface area contributed by atoms with Crippen LogP contribution in [0.1, 0.15) is 31.0 Å². The van der Waals surface area contributed by atoms with Crippen molar-refractivity contribution in [3.05, 3.63) is 56.2 Å². The van der Waals surface area contributed by atoms with Crippen LogP contribution in [0.3, 0.4) is 0 Å². The summed E-state index contributed by atoms with van der Waals surface area (Å²) < 4.78 is 3.23. The van der Waals surface area contributed by atoms with Gasteiger partial charge in [-0.05, 0) is 25.5 Å². The molecule has 1 atom stereocenters. The molecule has 0 bridgehead atoms. The van der Waals surface area contributed by atoms with Crippen LogP contribution >= 0.6 is 0 Å². The highest BCUT2D eigenvalue weighted by Gasteiger charge is 2.25. The Labute approximate surface area is 178 Å². The van der Waals surface area contributed by atoms with Crippen molar-refractivity contribution < 1.29 is 0 Å². The molecule has 0 spiro atoms. The third-order valence-corrected chi connectivity index (χ3v) is 5.54. The average molecular weight is 417 g/mol. The molecule has 2 N–H and O–H groups in total. The fourth-order valence-corrected chi connectivity index (χ4v) is 4.01. The molecule has 0 radical (unpaired) electrons. The molecule has 31 heavy (non-hydrogen) atoms. The van der Waals surface area contributed by atoms with Gasteiger partial charge in [-0.15, -0.1) is 5.92 Å². The van der Waals surface area contributed by atoms with Gasteiger partial charge in [0.25, 0.3) is 5.56 Å². The summed E-state index contributed by atoms with van der Waals surface area (Å²) in [5, 5.41) is 12.8. The molecule has 1 aliphatic rings. The molecule has 4 rings (SSSR count). The minimum absolute atomic E-state index is 0.288. The van der Waals surface area contributed by atoms with Crippen molar-refractivity contribution in [1.29, 1.82) is 5.26 Å². The van der Waals surface area contributed by atoms with Crippen molar-refractivity contribution in [2.75, 3.05) is 31.1 Å². The van der Waals surface area contributed by atoms with Gasteiger partial charge in [0.1, 0.15) is 0 Å². The van der Waals surface area contributed by atoms with Gasteiger partial charge in [-0.2, -0.15) is 10.2 Å². The van der Waals surface area contributed by atoms with Crippen LogP contribution in [0, 0.1) is 23.2 Å². The van der Waals surface area contributed by atoms with Gasteiger partial charge in [0.2, 0.25) is 5.95 Å². The zero-order valence-corrected chi connectivity index (χ0v) is 17.5. The SMILES string of the molecule is CC#CCn1c(N2CCNCC2)nc2c1c(=O)[nH]c(=O)n2C(C)c1ccccc1C#N. The maximum atomic E-state index is 12.9. The maximum absolute atomic E-state index is 12.9. The quantitative estimate of drug-likeness (QED) is 0.608. The van der Waals surface area contributed by atoms with Crippen molar-refractivity contribution in [2.24, 2.45) is 0 Å². The first-order valence-corrected chi connectivity index (χ1v) is 10.2. The van der Waals surface area contributed by atoms with Crippen molar-refractivity contribution in [1.82, 2.24) is 24.4 Å². The molecular weight excluding hydrogens is 394 g/mol. The number of piperazine rings is 1. The number of nitrogens with zero attached hydrogens (tertiary/aromatic N) is 5. The van der Waals surface area contributed by atoms with Crippen LogP contribution in [0.25, 0.3) is 11.2 Å². The van der Waals surface area contributed by atoms with Gasteiger partial charge in [-0.25, -0.2) is 4.79 Å². The first kappa shape index (κ1) is 20.5. The third kappa shape index (κ3) is 3.60. The third-order valence-electron chi connectivity index (χ3n) is 5.54. The molecule has 1 fully saturated rings. The topological polar surface area (TPSA) is 112 Å². The molecule has 9 nitrogen and oxygen atoms in total. The number of benzene rings is 1. The second-order valence-corrected chi connectivity index (χ2v) is 7.34. The first-order chi connectivity index (χ1) is 15.1. The van der Waals surface area contributed by atoms with E-state index in [-0.39, 0.29) is 6.54 Å². The minimum Gasteiger partial charge on any atom is -0.340 e. The molecule has 158 valence electrons. The van der Waals surface area contributed by atoms with E-state index in [4.69, 9.17) is 4.98 Å². The summed E-state index contributed by atoms with van der Waals surface area (Å²) in [7, 11) is 0. The summed E-state index contributed by atoms with van der Waals surface area (Å²) in [6, 6.07) is 8.79. The number of aromatic nitrogens is 4. The summed E-state index contributed by atoms with van der Waals surface area (Å²) in [6.45, 7) is 6.93. The standard InChI is InChI=1S/C22H23N7O2/c1-3-4-11-28-18-19(25-21(28)27-12-9-24-10-13-27)29(22(31)26-20(18)30)15(2)17-8-6-5-7-16(17)14-23/h5-8,15,24H,9-13H2,1-2H3,(H,26,30,31). The first-order valence-electron chi connectivity index (χ1n) is 10.2. The molecule has 9 heteroatoms. The molecule has 1 aliphatic heterocycles. The highest BCUT2D eigenvalue weighted by Crippen LogP contribution is 2.25. The number of hydrogen-bond acceptors (Lipinski definition) is 6. The number of anilines is 1. The van der Waals surface area contributed by atoms with Crippen LogP contribution in [0.4, 0.5) is 5.95 Å². The zero-order chi connectivity index (χ0) is 22.0. The van der Waals surface area contributed by atoms with E-state index >= 15 is 0 Å². The van der Waals surface area contributed by atoms with Gasteiger partial charge in [0, 0.05) is 26.2 Å². The number of aromatic amines is 1. The molecule has 0 aliphatic carbocycles. The number of rotatable bonds is 4. The lowest BCUT2D eigenvalue weighted by atomic mass is 10.0. The van der Waals surface area contributed by atoms with E-state index in [1.165, 1.54) is 4.57 Å². The van der Waals surface area contributed by atoms with Crippen molar-refractivity contribution in [2.45, 2.75) is 26.4 Å². The lowest BCUT2D eigenvalue weighted by Gasteiger charge is -2.28. The number of imidazole rings is 1. The van der Waals surface area contributed by atoms with Gasteiger partial charge in [0.05, 0.1) is 24.2 Å². The number of H-pyrrole nitrogens is 1. The lowest BCUT2D eigenvalue weighted by Crippen LogP contribution is -2.44. The molecule has 3 heterocycles. The summed E-state index contributed by atoms with van der Waals surface area (Å²) in [4.78, 5) is 35.0. The van der Waals surface area contributed by atoms with E-state index in [1.54, 1.807) is 23.6 Å². The molecule has 1 saturated heterocycles. The van der Waals surface area contributed by atoms with Crippen molar-refractivity contribution in [3.8, 4) is 17.9 Å². The summed E-state index contributed by atoms with van der Waals surface area (Å²) >= 11 is 0. The van der Waals surface area contributed by atoms with Crippen LogP contribution in [0.2, 0.25) is 0 Å². The van der Waals surface area contributed by atoms with Gasteiger partial charge in [-0.3, -0.25) is 18.9 Å². The average Bonchev–Trinajstić information content (AvgIpc) is 3.17. The number of nitriles is 1. The van der Waals surface area contributed by atoms with Crippen LogP contribution in [-0.2, 0) is 6.54 Å². The predicted octanol–water partition coefficient (Wildman–Crippen LogP) is 0.800.